The van der Waals surface area contributed by atoms with Crippen LogP contribution in [0.15, 0.2) is 78.8 Å². The Kier molecular flexibility index (Phi) is 5.88. The van der Waals surface area contributed by atoms with Crippen molar-refractivity contribution in [3.05, 3.63) is 101 Å². The van der Waals surface area contributed by atoms with Gasteiger partial charge in [-0.3, -0.25) is 19.5 Å². The van der Waals surface area contributed by atoms with Crippen LogP contribution in [0.3, 0.4) is 0 Å². The number of rotatable bonds is 5. The number of hydrogen-bond acceptors (Lipinski definition) is 5. The van der Waals surface area contributed by atoms with Crippen molar-refractivity contribution in [1.82, 2.24) is 14.8 Å². The fourth-order valence-corrected chi connectivity index (χ4v) is 4.83. The molecular formula is C28H28N4O2. The average Bonchev–Trinajstić information content (AvgIpc) is 3.10. The number of carbonyl (C=O) groups is 2. The number of nitrogens with zero attached hydrogens (tertiary/aromatic N) is 4. The third-order valence-electron chi connectivity index (χ3n) is 6.60. The van der Waals surface area contributed by atoms with Crippen LogP contribution in [-0.4, -0.2) is 52.8 Å². The van der Waals surface area contributed by atoms with E-state index in [-0.39, 0.29) is 18.4 Å². The normalized spacial score (nSPS) is 16.6. The number of anilines is 1. The largest absolute Gasteiger partial charge is 0.368 e. The number of imide groups is 1. The lowest BCUT2D eigenvalue weighted by Crippen LogP contribution is -2.47. The molecule has 1 fully saturated rings. The minimum Gasteiger partial charge on any atom is -0.368 e. The maximum absolute atomic E-state index is 13.7. The molecule has 2 amide bonds. The average molecular weight is 453 g/mol. The summed E-state index contributed by atoms with van der Waals surface area (Å²) in [5.74, 6) is -0.445. The molecule has 2 aliphatic rings. The van der Waals surface area contributed by atoms with E-state index in [0.717, 1.165) is 35.3 Å². The number of amides is 2. The highest BCUT2D eigenvalue weighted by molar-refractivity contribution is 6.35. The molecule has 0 N–H and O–H groups in total. The van der Waals surface area contributed by atoms with E-state index in [0.29, 0.717) is 24.4 Å². The van der Waals surface area contributed by atoms with Crippen LogP contribution in [-0.2, 0) is 16.1 Å². The number of hydrogen-bond donors (Lipinski definition) is 0. The zero-order valence-electron chi connectivity index (χ0n) is 19.6. The molecule has 1 saturated heterocycles. The van der Waals surface area contributed by atoms with Gasteiger partial charge in [-0.1, -0.05) is 42.0 Å². The molecule has 3 heterocycles. The number of piperazine rings is 1. The molecule has 0 aliphatic carbocycles. The van der Waals surface area contributed by atoms with Gasteiger partial charge < -0.3 is 9.80 Å². The van der Waals surface area contributed by atoms with Crippen molar-refractivity contribution < 1.29 is 9.59 Å². The van der Waals surface area contributed by atoms with E-state index in [4.69, 9.17) is 0 Å². The molecular weight excluding hydrogens is 424 g/mol. The molecule has 34 heavy (non-hydrogen) atoms. The first kappa shape index (κ1) is 21.9. The van der Waals surface area contributed by atoms with Gasteiger partial charge in [0.05, 0.1) is 12.1 Å². The Morgan fingerprint density at radius 2 is 1.47 bits per heavy atom. The van der Waals surface area contributed by atoms with Gasteiger partial charge in [0, 0.05) is 44.3 Å². The van der Waals surface area contributed by atoms with Crippen LogP contribution in [0.5, 0.6) is 0 Å². The predicted molar refractivity (Wildman–Crippen MR) is 133 cm³/mol. The van der Waals surface area contributed by atoms with Crippen molar-refractivity contribution >= 4 is 23.1 Å². The van der Waals surface area contributed by atoms with Gasteiger partial charge >= 0.3 is 0 Å². The van der Waals surface area contributed by atoms with Crippen molar-refractivity contribution in [1.29, 1.82) is 0 Å². The summed E-state index contributed by atoms with van der Waals surface area (Å²) < 4.78 is 0. The molecule has 0 unspecified atom stereocenters. The summed E-state index contributed by atoms with van der Waals surface area (Å²) in [6, 6.07) is 20.0. The zero-order chi connectivity index (χ0) is 23.7. The van der Waals surface area contributed by atoms with E-state index in [1.807, 2.05) is 56.3 Å². The maximum Gasteiger partial charge on any atom is 0.278 e. The number of pyridine rings is 1. The predicted octanol–water partition coefficient (Wildman–Crippen LogP) is 3.80. The summed E-state index contributed by atoms with van der Waals surface area (Å²) in [7, 11) is 0. The second-order valence-electron chi connectivity index (χ2n) is 8.90. The molecule has 6 nitrogen and oxygen atoms in total. The first-order valence-electron chi connectivity index (χ1n) is 11.6. The molecule has 5 rings (SSSR count). The smallest absolute Gasteiger partial charge is 0.278 e. The van der Waals surface area contributed by atoms with E-state index in [1.165, 1.54) is 10.6 Å². The Morgan fingerprint density at radius 1 is 0.794 bits per heavy atom. The molecule has 1 aromatic heterocycles. The molecule has 6 heteroatoms. The number of aromatic nitrogens is 1. The number of benzene rings is 2. The van der Waals surface area contributed by atoms with Gasteiger partial charge in [-0.05, 0) is 54.8 Å². The Morgan fingerprint density at radius 3 is 2.15 bits per heavy atom. The van der Waals surface area contributed by atoms with Gasteiger partial charge in [0.2, 0.25) is 0 Å². The molecule has 0 radical (unpaired) electrons. The van der Waals surface area contributed by atoms with Gasteiger partial charge in [-0.15, -0.1) is 0 Å². The maximum atomic E-state index is 13.7. The fraction of sp³-hybridized carbons (Fsp3) is 0.250. The van der Waals surface area contributed by atoms with Gasteiger partial charge in [-0.2, -0.15) is 0 Å². The van der Waals surface area contributed by atoms with Crippen LogP contribution in [0.25, 0.3) is 5.57 Å². The third kappa shape index (κ3) is 4.07. The van der Waals surface area contributed by atoms with Gasteiger partial charge in [0.15, 0.2) is 0 Å². The van der Waals surface area contributed by atoms with Crippen molar-refractivity contribution in [3.63, 3.8) is 0 Å². The Balaban J connectivity index is 1.48. The molecule has 3 aromatic rings. The lowest BCUT2D eigenvalue weighted by atomic mass is 9.97. The lowest BCUT2D eigenvalue weighted by molar-refractivity contribution is -0.138. The van der Waals surface area contributed by atoms with Crippen LogP contribution in [0.1, 0.15) is 22.3 Å². The van der Waals surface area contributed by atoms with Crippen LogP contribution in [0.4, 0.5) is 5.69 Å². The van der Waals surface area contributed by atoms with Crippen molar-refractivity contribution in [2.75, 3.05) is 31.1 Å². The zero-order valence-corrected chi connectivity index (χ0v) is 19.6. The number of para-hydroxylation sites is 1. The van der Waals surface area contributed by atoms with Crippen LogP contribution < -0.4 is 4.90 Å². The van der Waals surface area contributed by atoms with E-state index >= 15 is 0 Å². The molecule has 2 aliphatic heterocycles. The van der Waals surface area contributed by atoms with Gasteiger partial charge in [-0.25, -0.2) is 0 Å². The van der Waals surface area contributed by atoms with E-state index < -0.39 is 0 Å². The van der Waals surface area contributed by atoms with E-state index in [9.17, 15) is 9.59 Å². The van der Waals surface area contributed by atoms with Gasteiger partial charge in [0.25, 0.3) is 11.8 Å². The first-order chi connectivity index (χ1) is 16.5. The Labute approximate surface area is 200 Å². The SMILES string of the molecule is Cc1ccc(C2=C(N3CCN(c4ccccc4)CC3)C(=O)N(Cc3ccncc3)C2=O)c(C)c1. The lowest BCUT2D eigenvalue weighted by Gasteiger charge is -2.37. The van der Waals surface area contributed by atoms with Crippen LogP contribution in [0.2, 0.25) is 0 Å². The quantitative estimate of drug-likeness (QED) is 0.551. The fourth-order valence-electron chi connectivity index (χ4n) is 4.83. The minimum atomic E-state index is -0.228. The summed E-state index contributed by atoms with van der Waals surface area (Å²) in [4.78, 5) is 37.2. The summed E-state index contributed by atoms with van der Waals surface area (Å²) in [6.07, 6.45) is 3.37. The highest BCUT2D eigenvalue weighted by Crippen LogP contribution is 2.35. The molecule has 0 atom stereocenters. The second kappa shape index (κ2) is 9.14. The molecule has 0 bridgehead atoms. The highest BCUT2D eigenvalue weighted by atomic mass is 16.2. The van der Waals surface area contributed by atoms with Crippen molar-refractivity contribution in [2.45, 2.75) is 20.4 Å². The Hall–Kier alpha value is -3.93. The van der Waals surface area contributed by atoms with E-state index in [2.05, 4.69) is 33.0 Å². The molecule has 172 valence electrons. The van der Waals surface area contributed by atoms with E-state index in [1.54, 1.807) is 12.4 Å². The monoisotopic (exact) mass is 452 g/mol. The standard InChI is InChI=1S/C28H28N4O2/c1-20-8-9-24(21(2)18-20)25-26(28(34)32(27(25)33)19-22-10-12-29-13-11-22)31-16-14-30(15-17-31)23-6-4-3-5-7-23/h3-13,18H,14-17,19H2,1-2H3. The summed E-state index contributed by atoms with van der Waals surface area (Å²) >= 11 is 0. The minimum absolute atomic E-state index is 0.218. The van der Waals surface area contributed by atoms with Gasteiger partial charge in [0.1, 0.15) is 5.70 Å². The molecule has 0 saturated carbocycles. The number of aryl methyl sites for hydroxylation is 2. The second-order valence-corrected chi connectivity index (χ2v) is 8.90. The summed E-state index contributed by atoms with van der Waals surface area (Å²) in [5.41, 5.74) is 6.07. The molecule has 0 spiro atoms. The van der Waals surface area contributed by atoms with Crippen LogP contribution in [0, 0.1) is 13.8 Å². The van der Waals surface area contributed by atoms with Crippen molar-refractivity contribution in [2.24, 2.45) is 0 Å². The number of carbonyl (C=O) groups excluding carboxylic acids is 2. The summed E-state index contributed by atoms with van der Waals surface area (Å²) in [5, 5.41) is 0. The molecule has 2 aromatic carbocycles. The first-order valence-corrected chi connectivity index (χ1v) is 11.6. The van der Waals surface area contributed by atoms with Crippen molar-refractivity contribution in [3.8, 4) is 0 Å². The van der Waals surface area contributed by atoms with Crippen LogP contribution >= 0.6 is 0 Å². The summed E-state index contributed by atoms with van der Waals surface area (Å²) in [6.45, 7) is 7.22. The highest BCUT2D eigenvalue weighted by Gasteiger charge is 2.42. The Bertz CT molecular complexity index is 1250. The topological polar surface area (TPSA) is 56.8 Å². The third-order valence-corrected chi connectivity index (χ3v) is 6.60.